The number of nitrogens with zero attached hydrogens (tertiary/aromatic N) is 2. The zero-order chi connectivity index (χ0) is 15.2. The number of methoxy groups -OCH3 is 1. The summed E-state index contributed by atoms with van der Waals surface area (Å²) >= 11 is 0. The summed E-state index contributed by atoms with van der Waals surface area (Å²) in [4.78, 5) is 25.3. The predicted molar refractivity (Wildman–Crippen MR) is 76.5 cm³/mol. The van der Waals surface area contributed by atoms with Gasteiger partial charge in [0, 0.05) is 18.8 Å². The standard InChI is InChI=1S/C15H17N3O3/c1-21-14(19)12-3-2-8-18(10-12)15(20)17-13-6-4-11(9-16)5-7-13/h4-7,12H,2-3,8,10H2,1H3,(H,17,20)/t12-/m0/s1. The minimum absolute atomic E-state index is 0.242. The number of piperidine rings is 1. The highest BCUT2D eigenvalue weighted by atomic mass is 16.5. The van der Waals surface area contributed by atoms with Crippen LogP contribution in [0.4, 0.5) is 10.5 Å². The van der Waals surface area contributed by atoms with E-state index in [1.807, 2.05) is 6.07 Å². The van der Waals surface area contributed by atoms with Crippen molar-refractivity contribution in [2.45, 2.75) is 12.8 Å². The second kappa shape index (κ2) is 6.75. The maximum absolute atomic E-state index is 12.2. The molecule has 1 saturated heterocycles. The Kier molecular flexibility index (Phi) is 4.77. The van der Waals surface area contributed by atoms with E-state index < -0.39 is 0 Å². The number of rotatable bonds is 2. The molecule has 6 nitrogen and oxygen atoms in total. The first-order chi connectivity index (χ1) is 10.1. The molecule has 2 amide bonds. The third-order valence-corrected chi connectivity index (χ3v) is 3.51. The number of carbonyl (C=O) groups is 2. The van der Waals surface area contributed by atoms with Crippen LogP contribution in [0.2, 0.25) is 0 Å². The van der Waals surface area contributed by atoms with Crippen LogP contribution >= 0.6 is 0 Å². The van der Waals surface area contributed by atoms with Gasteiger partial charge in [-0.3, -0.25) is 4.79 Å². The monoisotopic (exact) mass is 287 g/mol. The number of likely N-dealkylation sites (tertiary alicyclic amines) is 1. The number of benzene rings is 1. The van der Waals surface area contributed by atoms with E-state index in [4.69, 9.17) is 10.00 Å². The van der Waals surface area contributed by atoms with Gasteiger partial charge in [0.25, 0.3) is 0 Å². The van der Waals surface area contributed by atoms with Gasteiger partial charge in [-0.2, -0.15) is 5.26 Å². The van der Waals surface area contributed by atoms with Gasteiger partial charge >= 0.3 is 12.0 Å². The lowest BCUT2D eigenvalue weighted by Gasteiger charge is -2.31. The van der Waals surface area contributed by atoms with E-state index in [0.29, 0.717) is 24.3 Å². The van der Waals surface area contributed by atoms with E-state index in [0.717, 1.165) is 12.8 Å². The molecule has 1 heterocycles. The number of carbonyl (C=O) groups excluding carboxylic acids is 2. The molecule has 6 heteroatoms. The lowest BCUT2D eigenvalue weighted by Crippen LogP contribution is -2.44. The summed E-state index contributed by atoms with van der Waals surface area (Å²) in [5.41, 5.74) is 1.16. The second-order valence-corrected chi connectivity index (χ2v) is 4.93. The van der Waals surface area contributed by atoms with Crippen molar-refractivity contribution >= 4 is 17.7 Å². The third kappa shape index (κ3) is 3.72. The van der Waals surface area contributed by atoms with Crippen LogP contribution in [0.15, 0.2) is 24.3 Å². The molecule has 2 rings (SSSR count). The molecule has 0 unspecified atom stereocenters. The molecule has 0 radical (unpaired) electrons. The molecular weight excluding hydrogens is 270 g/mol. The summed E-state index contributed by atoms with van der Waals surface area (Å²) in [6.07, 6.45) is 1.52. The van der Waals surface area contributed by atoms with Crippen LogP contribution in [-0.4, -0.2) is 37.1 Å². The van der Waals surface area contributed by atoms with Crippen molar-refractivity contribution < 1.29 is 14.3 Å². The first kappa shape index (κ1) is 14.9. The van der Waals surface area contributed by atoms with Gasteiger partial charge in [-0.1, -0.05) is 0 Å². The first-order valence-electron chi connectivity index (χ1n) is 6.78. The predicted octanol–water partition coefficient (Wildman–Crippen LogP) is 1.98. The van der Waals surface area contributed by atoms with E-state index in [1.54, 1.807) is 29.2 Å². The highest BCUT2D eigenvalue weighted by Crippen LogP contribution is 2.19. The first-order valence-corrected chi connectivity index (χ1v) is 6.78. The minimum atomic E-state index is -0.272. The molecule has 0 aromatic heterocycles. The zero-order valence-electron chi connectivity index (χ0n) is 11.8. The average Bonchev–Trinajstić information content (AvgIpc) is 2.55. The molecule has 0 aliphatic carbocycles. The van der Waals surface area contributed by atoms with E-state index in [2.05, 4.69) is 5.32 Å². The SMILES string of the molecule is COC(=O)[C@H]1CCCN(C(=O)Nc2ccc(C#N)cc2)C1. The number of hydrogen-bond donors (Lipinski definition) is 1. The van der Waals surface area contributed by atoms with E-state index in [-0.39, 0.29) is 17.9 Å². The summed E-state index contributed by atoms with van der Waals surface area (Å²) in [5.74, 6) is -0.527. The Labute approximate surface area is 123 Å². The maximum atomic E-state index is 12.2. The summed E-state index contributed by atoms with van der Waals surface area (Å²) < 4.78 is 4.73. The van der Waals surface area contributed by atoms with Crippen molar-refractivity contribution in [2.75, 3.05) is 25.5 Å². The van der Waals surface area contributed by atoms with Crippen LogP contribution in [0.1, 0.15) is 18.4 Å². The topological polar surface area (TPSA) is 82.4 Å². The van der Waals surface area contributed by atoms with E-state index in [9.17, 15) is 9.59 Å². The molecule has 1 aromatic carbocycles. The Balaban J connectivity index is 1.96. The smallest absolute Gasteiger partial charge is 0.321 e. The summed E-state index contributed by atoms with van der Waals surface area (Å²) in [6, 6.07) is 8.42. The molecule has 0 saturated carbocycles. The largest absolute Gasteiger partial charge is 0.469 e. The van der Waals surface area contributed by atoms with Crippen LogP contribution in [0.3, 0.4) is 0 Å². The maximum Gasteiger partial charge on any atom is 0.321 e. The molecule has 110 valence electrons. The van der Waals surface area contributed by atoms with Crippen molar-refractivity contribution in [2.24, 2.45) is 5.92 Å². The molecule has 0 bridgehead atoms. The highest BCUT2D eigenvalue weighted by Gasteiger charge is 2.28. The number of nitrogens with one attached hydrogen (secondary N) is 1. The summed E-state index contributed by atoms with van der Waals surface area (Å²) in [5, 5.41) is 11.5. The molecule has 21 heavy (non-hydrogen) atoms. The molecule has 1 N–H and O–H groups in total. The van der Waals surface area contributed by atoms with Crippen LogP contribution in [-0.2, 0) is 9.53 Å². The Morgan fingerprint density at radius 3 is 2.71 bits per heavy atom. The number of esters is 1. The van der Waals surface area contributed by atoms with Gasteiger partial charge in [-0.05, 0) is 37.1 Å². The quantitative estimate of drug-likeness (QED) is 0.843. The summed E-state index contributed by atoms with van der Waals surface area (Å²) in [7, 11) is 1.36. The summed E-state index contributed by atoms with van der Waals surface area (Å²) in [6.45, 7) is 0.990. The average molecular weight is 287 g/mol. The van der Waals surface area contributed by atoms with Gasteiger partial charge in [0.1, 0.15) is 0 Å². The van der Waals surface area contributed by atoms with E-state index >= 15 is 0 Å². The molecule has 1 atom stereocenters. The van der Waals surface area contributed by atoms with Crippen molar-refractivity contribution in [3.63, 3.8) is 0 Å². The Bertz CT molecular complexity index is 563. The number of ether oxygens (including phenoxy) is 1. The number of hydrogen-bond acceptors (Lipinski definition) is 4. The van der Waals surface area contributed by atoms with Crippen molar-refractivity contribution in [3.05, 3.63) is 29.8 Å². The Hall–Kier alpha value is -2.55. The van der Waals surface area contributed by atoms with Crippen molar-refractivity contribution in [3.8, 4) is 6.07 Å². The zero-order valence-corrected chi connectivity index (χ0v) is 11.8. The van der Waals surface area contributed by atoms with Crippen molar-refractivity contribution in [1.29, 1.82) is 5.26 Å². The highest BCUT2D eigenvalue weighted by molar-refractivity contribution is 5.89. The molecular formula is C15H17N3O3. The Morgan fingerprint density at radius 1 is 1.38 bits per heavy atom. The van der Waals surface area contributed by atoms with Crippen LogP contribution in [0.25, 0.3) is 0 Å². The number of urea groups is 1. The molecule has 1 aliphatic heterocycles. The number of anilines is 1. The second-order valence-electron chi connectivity index (χ2n) is 4.93. The van der Waals surface area contributed by atoms with Crippen LogP contribution in [0, 0.1) is 17.2 Å². The van der Waals surface area contributed by atoms with Gasteiger partial charge in [0.2, 0.25) is 0 Å². The number of amides is 2. The molecule has 1 aliphatic rings. The van der Waals surface area contributed by atoms with E-state index in [1.165, 1.54) is 7.11 Å². The van der Waals surface area contributed by atoms with Crippen LogP contribution < -0.4 is 5.32 Å². The fourth-order valence-corrected chi connectivity index (χ4v) is 2.35. The Morgan fingerprint density at radius 2 is 2.10 bits per heavy atom. The van der Waals surface area contributed by atoms with Crippen LogP contribution in [0.5, 0.6) is 0 Å². The van der Waals surface area contributed by atoms with Gasteiger partial charge in [-0.25, -0.2) is 4.79 Å². The third-order valence-electron chi connectivity index (χ3n) is 3.51. The lowest BCUT2D eigenvalue weighted by atomic mass is 9.98. The lowest BCUT2D eigenvalue weighted by molar-refractivity contribution is -0.146. The fourth-order valence-electron chi connectivity index (χ4n) is 2.35. The van der Waals surface area contributed by atoms with Gasteiger partial charge in [-0.15, -0.1) is 0 Å². The molecule has 0 spiro atoms. The normalized spacial score (nSPS) is 17.7. The minimum Gasteiger partial charge on any atom is -0.469 e. The molecule has 1 aromatic rings. The fraction of sp³-hybridized carbons (Fsp3) is 0.400. The van der Waals surface area contributed by atoms with Gasteiger partial charge < -0.3 is 15.0 Å². The van der Waals surface area contributed by atoms with Gasteiger partial charge in [0.15, 0.2) is 0 Å². The van der Waals surface area contributed by atoms with Crippen molar-refractivity contribution in [1.82, 2.24) is 4.90 Å². The number of nitriles is 1. The van der Waals surface area contributed by atoms with Gasteiger partial charge in [0.05, 0.1) is 24.7 Å². The molecule has 1 fully saturated rings.